The van der Waals surface area contributed by atoms with Crippen LogP contribution in [0.25, 0.3) is 0 Å². The molecule has 2 aromatic rings. The van der Waals surface area contributed by atoms with Crippen LogP contribution in [-0.2, 0) is 11.2 Å². The standard InChI is InChI=1S/C17H21N3OS/c1-4-13-9-6-8-12(3)15(13)20-16(21)14(5-2)22-17-18-10-7-11-19-17/h6-11,14H,4-5H2,1-3H3,(H,20,21). The van der Waals surface area contributed by atoms with Crippen LogP contribution >= 0.6 is 11.8 Å². The number of hydrogen-bond acceptors (Lipinski definition) is 4. The number of carbonyl (C=O) groups is 1. The number of amides is 1. The molecule has 0 aliphatic heterocycles. The molecule has 0 fully saturated rings. The summed E-state index contributed by atoms with van der Waals surface area (Å²) in [5.74, 6) is 0.00366. The Bertz CT molecular complexity index is 631. The van der Waals surface area contributed by atoms with Crippen LogP contribution in [0, 0.1) is 6.92 Å². The first kappa shape index (κ1) is 16.5. The van der Waals surface area contributed by atoms with Gasteiger partial charge in [-0.2, -0.15) is 0 Å². The second kappa shape index (κ2) is 7.94. The number of hydrogen-bond donors (Lipinski definition) is 1. The molecule has 0 bridgehead atoms. The highest BCUT2D eigenvalue weighted by Crippen LogP contribution is 2.26. The third-order valence-electron chi connectivity index (χ3n) is 3.44. The molecule has 22 heavy (non-hydrogen) atoms. The van der Waals surface area contributed by atoms with Gasteiger partial charge < -0.3 is 5.32 Å². The highest BCUT2D eigenvalue weighted by atomic mass is 32.2. The lowest BCUT2D eigenvalue weighted by Gasteiger charge is -2.17. The molecule has 5 heteroatoms. The summed E-state index contributed by atoms with van der Waals surface area (Å²) in [5, 5.41) is 3.51. The smallest absolute Gasteiger partial charge is 0.237 e. The molecule has 4 nitrogen and oxygen atoms in total. The van der Waals surface area contributed by atoms with Gasteiger partial charge >= 0.3 is 0 Å². The molecule has 0 aliphatic rings. The predicted molar refractivity (Wildman–Crippen MR) is 91.2 cm³/mol. The summed E-state index contributed by atoms with van der Waals surface area (Å²) in [6, 6.07) is 7.86. The Kier molecular flexibility index (Phi) is 5.95. The zero-order valence-corrected chi connectivity index (χ0v) is 14.0. The lowest BCUT2D eigenvalue weighted by atomic mass is 10.1. The van der Waals surface area contributed by atoms with E-state index in [4.69, 9.17) is 0 Å². The summed E-state index contributed by atoms with van der Waals surface area (Å²) in [7, 11) is 0. The molecule has 1 amide bonds. The van der Waals surface area contributed by atoms with Crippen LogP contribution in [0.2, 0.25) is 0 Å². The van der Waals surface area contributed by atoms with Crippen molar-refractivity contribution in [2.75, 3.05) is 5.32 Å². The minimum atomic E-state index is -0.202. The molecule has 0 saturated heterocycles. The number of aryl methyl sites for hydroxylation is 2. The van der Waals surface area contributed by atoms with Crippen molar-refractivity contribution in [2.45, 2.75) is 44.0 Å². The second-order valence-corrected chi connectivity index (χ2v) is 6.17. The van der Waals surface area contributed by atoms with Crippen molar-refractivity contribution in [2.24, 2.45) is 0 Å². The van der Waals surface area contributed by atoms with Crippen LogP contribution in [0.5, 0.6) is 0 Å². The fourth-order valence-electron chi connectivity index (χ4n) is 2.20. The van der Waals surface area contributed by atoms with Crippen molar-refractivity contribution in [3.05, 3.63) is 47.8 Å². The van der Waals surface area contributed by atoms with E-state index in [1.807, 2.05) is 26.0 Å². The molecule has 1 atom stereocenters. The highest BCUT2D eigenvalue weighted by Gasteiger charge is 2.20. The predicted octanol–water partition coefficient (Wildman–Crippen LogP) is 3.86. The summed E-state index contributed by atoms with van der Waals surface area (Å²) in [6.07, 6.45) is 5.00. The Hall–Kier alpha value is -1.88. The molecule has 0 spiro atoms. The third-order valence-corrected chi connectivity index (χ3v) is 4.69. The first-order chi connectivity index (χ1) is 10.7. The van der Waals surface area contributed by atoms with Crippen molar-refractivity contribution >= 4 is 23.4 Å². The number of thioether (sulfide) groups is 1. The summed E-state index contributed by atoms with van der Waals surface area (Å²) < 4.78 is 0. The van der Waals surface area contributed by atoms with Crippen molar-refractivity contribution in [1.82, 2.24) is 9.97 Å². The molecule has 2 rings (SSSR count). The van der Waals surface area contributed by atoms with E-state index in [0.29, 0.717) is 5.16 Å². The van der Waals surface area contributed by atoms with Gasteiger partial charge in [-0.3, -0.25) is 4.79 Å². The molecule has 0 radical (unpaired) electrons. The SMILES string of the molecule is CCc1cccc(C)c1NC(=O)C(CC)Sc1ncccn1. The quantitative estimate of drug-likeness (QED) is 0.649. The number of carbonyl (C=O) groups excluding carboxylic acids is 1. The molecule has 0 aliphatic carbocycles. The number of para-hydroxylation sites is 1. The van der Waals surface area contributed by atoms with E-state index in [9.17, 15) is 4.79 Å². The van der Waals surface area contributed by atoms with Crippen molar-refractivity contribution in [3.63, 3.8) is 0 Å². The number of anilines is 1. The maximum Gasteiger partial charge on any atom is 0.237 e. The Balaban J connectivity index is 2.13. The van der Waals surface area contributed by atoms with Crippen molar-refractivity contribution in [1.29, 1.82) is 0 Å². The van der Waals surface area contributed by atoms with E-state index < -0.39 is 0 Å². The number of aromatic nitrogens is 2. The summed E-state index contributed by atoms with van der Waals surface area (Å²) in [6.45, 7) is 6.11. The average molecular weight is 315 g/mol. The first-order valence-corrected chi connectivity index (χ1v) is 8.36. The molecular weight excluding hydrogens is 294 g/mol. The van der Waals surface area contributed by atoms with Gasteiger partial charge in [0.05, 0.1) is 5.25 Å². The normalized spacial score (nSPS) is 12.0. The molecule has 1 unspecified atom stereocenters. The van der Waals surface area contributed by atoms with Crippen molar-refractivity contribution in [3.8, 4) is 0 Å². The van der Waals surface area contributed by atoms with Crippen LogP contribution in [0.3, 0.4) is 0 Å². The Morgan fingerprint density at radius 3 is 2.59 bits per heavy atom. The van der Waals surface area contributed by atoms with Crippen LogP contribution in [0.1, 0.15) is 31.4 Å². The Labute approximate surface area is 135 Å². The summed E-state index contributed by atoms with van der Waals surface area (Å²) in [5.41, 5.74) is 3.18. The van der Waals surface area contributed by atoms with Gasteiger partial charge in [-0.1, -0.05) is 43.8 Å². The van der Waals surface area contributed by atoms with Gasteiger partial charge in [-0.05, 0) is 37.0 Å². The number of benzene rings is 1. The van der Waals surface area contributed by atoms with Gasteiger partial charge in [0.25, 0.3) is 0 Å². The molecule has 116 valence electrons. The maximum atomic E-state index is 12.6. The van der Waals surface area contributed by atoms with Crippen LogP contribution in [0.4, 0.5) is 5.69 Å². The lowest BCUT2D eigenvalue weighted by Crippen LogP contribution is -2.25. The van der Waals surface area contributed by atoms with Gasteiger partial charge in [-0.15, -0.1) is 0 Å². The van der Waals surface area contributed by atoms with Crippen LogP contribution in [0.15, 0.2) is 41.8 Å². The van der Waals surface area contributed by atoms with E-state index in [0.717, 1.165) is 29.7 Å². The zero-order chi connectivity index (χ0) is 15.9. The zero-order valence-electron chi connectivity index (χ0n) is 13.2. The monoisotopic (exact) mass is 315 g/mol. The maximum absolute atomic E-state index is 12.6. The summed E-state index contributed by atoms with van der Waals surface area (Å²) in [4.78, 5) is 20.9. The summed E-state index contributed by atoms with van der Waals surface area (Å²) >= 11 is 1.40. The van der Waals surface area contributed by atoms with Crippen molar-refractivity contribution < 1.29 is 4.79 Å². The molecule has 1 aromatic carbocycles. The minimum absolute atomic E-state index is 0.00366. The number of nitrogens with zero attached hydrogens (tertiary/aromatic N) is 2. The fraction of sp³-hybridized carbons (Fsp3) is 0.353. The minimum Gasteiger partial charge on any atom is -0.325 e. The number of rotatable bonds is 6. The van der Waals surface area contributed by atoms with Gasteiger partial charge in [0.2, 0.25) is 5.91 Å². The van der Waals surface area contributed by atoms with E-state index in [-0.39, 0.29) is 11.2 Å². The van der Waals surface area contributed by atoms with Gasteiger partial charge in [0.1, 0.15) is 0 Å². The second-order valence-electron chi connectivity index (χ2n) is 5.00. The highest BCUT2D eigenvalue weighted by molar-refractivity contribution is 8.00. The van der Waals surface area contributed by atoms with Crippen LogP contribution in [-0.4, -0.2) is 21.1 Å². The fourth-order valence-corrected chi connectivity index (χ4v) is 3.03. The van der Waals surface area contributed by atoms with Gasteiger partial charge in [-0.25, -0.2) is 9.97 Å². The van der Waals surface area contributed by atoms with E-state index in [2.05, 4.69) is 28.3 Å². The molecule has 0 saturated carbocycles. The lowest BCUT2D eigenvalue weighted by molar-refractivity contribution is -0.115. The third kappa shape index (κ3) is 4.07. The van der Waals surface area contributed by atoms with E-state index in [1.165, 1.54) is 11.8 Å². The van der Waals surface area contributed by atoms with E-state index in [1.54, 1.807) is 18.5 Å². The first-order valence-electron chi connectivity index (χ1n) is 7.48. The van der Waals surface area contributed by atoms with Gasteiger partial charge in [0.15, 0.2) is 5.16 Å². The largest absolute Gasteiger partial charge is 0.325 e. The van der Waals surface area contributed by atoms with Gasteiger partial charge in [0, 0.05) is 18.1 Å². The van der Waals surface area contributed by atoms with E-state index >= 15 is 0 Å². The molecule has 1 heterocycles. The Morgan fingerprint density at radius 1 is 1.23 bits per heavy atom. The molecule has 1 aromatic heterocycles. The van der Waals surface area contributed by atoms with Crippen LogP contribution < -0.4 is 5.32 Å². The molecular formula is C17H21N3OS. The number of nitrogens with one attached hydrogen (secondary N) is 1. The Morgan fingerprint density at radius 2 is 1.95 bits per heavy atom. The average Bonchev–Trinajstić information content (AvgIpc) is 2.55. The topological polar surface area (TPSA) is 54.9 Å². The molecule has 1 N–H and O–H groups in total.